The van der Waals surface area contributed by atoms with Crippen molar-refractivity contribution in [2.75, 3.05) is 5.75 Å². The van der Waals surface area contributed by atoms with E-state index in [-0.39, 0.29) is 6.04 Å². The molecule has 0 N–H and O–H groups in total. The van der Waals surface area contributed by atoms with Crippen molar-refractivity contribution in [3.05, 3.63) is 35.9 Å². The van der Waals surface area contributed by atoms with Gasteiger partial charge in [-0.25, -0.2) is 4.99 Å². The molecule has 0 aromatic heterocycles. The Hall–Kier alpha value is -1.09. The Morgan fingerprint density at radius 1 is 1.36 bits per heavy atom. The van der Waals surface area contributed by atoms with E-state index in [1.54, 1.807) is 11.8 Å². The summed E-state index contributed by atoms with van der Waals surface area (Å²) in [6, 6.07) is 10.5. The Balaban J connectivity index is 2.13. The zero-order valence-corrected chi connectivity index (χ0v) is 8.87. The monoisotopic (exact) mass is 204 g/mol. The van der Waals surface area contributed by atoms with Crippen molar-refractivity contribution >= 4 is 23.1 Å². The molecule has 2 nitrogen and oxygen atoms in total. The number of aliphatic imine (C=N–C) groups is 2. The van der Waals surface area contributed by atoms with Gasteiger partial charge in [0.25, 0.3) is 0 Å². The number of thioether (sulfide) groups is 1. The largest absolute Gasteiger partial charge is 0.262 e. The van der Waals surface area contributed by atoms with E-state index in [1.165, 1.54) is 5.56 Å². The highest BCUT2D eigenvalue weighted by Crippen LogP contribution is 2.18. The second kappa shape index (κ2) is 4.42. The Morgan fingerprint density at radius 3 is 2.79 bits per heavy atom. The normalized spacial score (nSPS) is 20.2. The molecule has 1 atom stereocenters. The molecule has 14 heavy (non-hydrogen) atoms. The minimum atomic E-state index is 0.210. The van der Waals surface area contributed by atoms with Crippen LogP contribution in [0.5, 0.6) is 0 Å². The zero-order chi connectivity index (χ0) is 9.80. The molecule has 0 spiro atoms. The summed E-state index contributed by atoms with van der Waals surface area (Å²) in [4.78, 5) is 8.73. The molecule has 0 fully saturated rings. The van der Waals surface area contributed by atoms with Crippen LogP contribution in [0, 0.1) is 0 Å². The van der Waals surface area contributed by atoms with Crippen molar-refractivity contribution in [3.8, 4) is 0 Å². The number of hydrogen-bond acceptors (Lipinski definition) is 2. The molecule has 1 aliphatic heterocycles. The Kier molecular flexibility index (Phi) is 2.99. The number of hydrogen-bond donors (Lipinski definition) is 0. The van der Waals surface area contributed by atoms with Crippen molar-refractivity contribution in [1.29, 1.82) is 0 Å². The third-order valence-electron chi connectivity index (χ3n) is 2.11. The summed E-state index contributed by atoms with van der Waals surface area (Å²) in [7, 11) is 0. The van der Waals surface area contributed by atoms with Crippen LogP contribution in [0.25, 0.3) is 0 Å². The summed E-state index contributed by atoms with van der Waals surface area (Å²) in [5.74, 6) is 1.86. The van der Waals surface area contributed by atoms with Crippen LogP contribution in [0.15, 0.2) is 40.3 Å². The highest BCUT2D eigenvalue weighted by Gasteiger charge is 2.07. The van der Waals surface area contributed by atoms with Crippen LogP contribution in [0.4, 0.5) is 0 Å². The smallest absolute Gasteiger partial charge is 0.134 e. The van der Waals surface area contributed by atoms with E-state index in [4.69, 9.17) is 0 Å². The van der Waals surface area contributed by atoms with Gasteiger partial charge in [0.2, 0.25) is 0 Å². The van der Waals surface area contributed by atoms with Crippen molar-refractivity contribution in [2.24, 2.45) is 9.98 Å². The van der Waals surface area contributed by atoms with Crippen molar-refractivity contribution in [3.63, 3.8) is 0 Å². The quantitative estimate of drug-likeness (QED) is 0.727. The van der Waals surface area contributed by atoms with Gasteiger partial charge < -0.3 is 0 Å². The molecule has 72 valence electrons. The second-order valence-electron chi connectivity index (χ2n) is 3.18. The summed E-state index contributed by atoms with van der Waals surface area (Å²) in [6.45, 7) is 2.10. The highest BCUT2D eigenvalue weighted by atomic mass is 32.2. The first-order valence-electron chi connectivity index (χ1n) is 4.62. The number of nitrogens with zero attached hydrogens (tertiary/aromatic N) is 2. The number of amidine groups is 1. The molecule has 0 unspecified atom stereocenters. The highest BCUT2D eigenvalue weighted by molar-refractivity contribution is 8.13. The van der Waals surface area contributed by atoms with Gasteiger partial charge in [-0.1, -0.05) is 30.3 Å². The Morgan fingerprint density at radius 2 is 2.14 bits per heavy atom. The lowest BCUT2D eigenvalue weighted by Crippen LogP contribution is -1.97. The summed E-state index contributed by atoms with van der Waals surface area (Å²) < 4.78 is 0. The Labute approximate surface area is 88.2 Å². The van der Waals surface area contributed by atoms with Crippen molar-refractivity contribution in [1.82, 2.24) is 0 Å². The van der Waals surface area contributed by atoms with E-state index in [1.807, 2.05) is 23.7 Å². The first-order chi connectivity index (χ1) is 6.86. The average Bonchev–Trinajstić information content (AvgIpc) is 2.72. The maximum atomic E-state index is 4.54. The van der Waals surface area contributed by atoms with E-state index in [2.05, 4.69) is 29.0 Å². The van der Waals surface area contributed by atoms with E-state index in [0.717, 1.165) is 11.6 Å². The zero-order valence-electron chi connectivity index (χ0n) is 8.05. The minimum Gasteiger partial charge on any atom is -0.262 e. The molecule has 0 saturated heterocycles. The second-order valence-corrected chi connectivity index (χ2v) is 4.01. The molecule has 1 aromatic rings. The Bertz CT molecular complexity index is 357. The topological polar surface area (TPSA) is 24.7 Å². The van der Waals surface area contributed by atoms with Gasteiger partial charge in [-0.05, 0) is 12.5 Å². The SMILES string of the molecule is C[C@H](/N=C1\CSC=N1)c1ccccc1. The van der Waals surface area contributed by atoms with Crippen LogP contribution < -0.4 is 0 Å². The van der Waals surface area contributed by atoms with E-state index < -0.39 is 0 Å². The van der Waals surface area contributed by atoms with E-state index >= 15 is 0 Å². The molecule has 0 bridgehead atoms. The van der Waals surface area contributed by atoms with E-state index in [9.17, 15) is 0 Å². The standard InChI is InChI=1S/C11H12N2S/c1-9(10-5-3-2-4-6-10)13-11-7-14-8-12-11/h2-6,8-9H,7H2,1H3/b13-11+/t9-/m0/s1. The van der Waals surface area contributed by atoms with Gasteiger partial charge in [-0.15, -0.1) is 11.8 Å². The fourth-order valence-corrected chi connectivity index (χ4v) is 1.92. The molecule has 1 aliphatic rings. The first kappa shape index (κ1) is 9.46. The first-order valence-corrected chi connectivity index (χ1v) is 5.67. The maximum Gasteiger partial charge on any atom is 0.134 e. The molecule has 0 aliphatic carbocycles. The van der Waals surface area contributed by atoms with Crippen LogP contribution in [0.2, 0.25) is 0 Å². The maximum absolute atomic E-state index is 4.54. The number of benzene rings is 1. The summed E-state index contributed by atoms with van der Waals surface area (Å²) in [5, 5.41) is 0. The van der Waals surface area contributed by atoms with Crippen LogP contribution in [-0.2, 0) is 0 Å². The van der Waals surface area contributed by atoms with Crippen LogP contribution in [0.3, 0.4) is 0 Å². The fraction of sp³-hybridized carbons (Fsp3) is 0.273. The van der Waals surface area contributed by atoms with Crippen molar-refractivity contribution in [2.45, 2.75) is 13.0 Å². The average molecular weight is 204 g/mol. The lowest BCUT2D eigenvalue weighted by Gasteiger charge is -2.06. The molecule has 1 heterocycles. The van der Waals surface area contributed by atoms with Crippen molar-refractivity contribution < 1.29 is 0 Å². The molecule has 1 aromatic carbocycles. The van der Waals surface area contributed by atoms with Gasteiger partial charge in [0.1, 0.15) is 5.84 Å². The lowest BCUT2D eigenvalue weighted by molar-refractivity contribution is 0.818. The molecule has 0 amide bonds. The number of rotatable bonds is 2. The molecular weight excluding hydrogens is 192 g/mol. The third kappa shape index (κ3) is 2.23. The molecule has 2 rings (SSSR count). The van der Waals surface area contributed by atoms with Gasteiger partial charge in [0.15, 0.2) is 0 Å². The van der Waals surface area contributed by atoms with Gasteiger partial charge in [-0.2, -0.15) is 0 Å². The molecular formula is C11H12N2S. The molecule has 0 radical (unpaired) electrons. The van der Waals surface area contributed by atoms with Crippen LogP contribution >= 0.6 is 11.8 Å². The summed E-state index contributed by atoms with van der Waals surface area (Å²) in [5.41, 5.74) is 3.10. The predicted molar refractivity (Wildman–Crippen MR) is 63.2 cm³/mol. The third-order valence-corrected chi connectivity index (χ3v) is 2.79. The summed E-state index contributed by atoms with van der Waals surface area (Å²) in [6.07, 6.45) is 0. The fourth-order valence-electron chi connectivity index (χ4n) is 1.35. The predicted octanol–water partition coefficient (Wildman–Crippen LogP) is 2.92. The van der Waals surface area contributed by atoms with E-state index in [0.29, 0.717) is 0 Å². The minimum absolute atomic E-state index is 0.210. The van der Waals surface area contributed by atoms with Gasteiger partial charge in [0, 0.05) is 0 Å². The van der Waals surface area contributed by atoms with Gasteiger partial charge in [-0.3, -0.25) is 4.99 Å². The lowest BCUT2D eigenvalue weighted by atomic mass is 10.1. The van der Waals surface area contributed by atoms with Gasteiger partial charge >= 0.3 is 0 Å². The summed E-state index contributed by atoms with van der Waals surface area (Å²) >= 11 is 1.70. The molecule has 3 heteroatoms. The van der Waals surface area contributed by atoms with Crippen LogP contribution in [0.1, 0.15) is 18.5 Å². The van der Waals surface area contributed by atoms with Gasteiger partial charge in [0.05, 0.1) is 17.3 Å². The van der Waals surface area contributed by atoms with Crippen LogP contribution in [-0.4, -0.2) is 17.1 Å². The molecule has 0 saturated carbocycles.